The number of imidazole rings is 1. The van der Waals surface area contributed by atoms with E-state index in [9.17, 15) is 4.39 Å². The van der Waals surface area contributed by atoms with Gasteiger partial charge >= 0.3 is 0 Å². The van der Waals surface area contributed by atoms with Gasteiger partial charge in [0.05, 0.1) is 17.5 Å². The second-order valence-electron chi connectivity index (χ2n) is 5.64. The van der Waals surface area contributed by atoms with Crippen molar-refractivity contribution in [1.29, 1.82) is 0 Å². The predicted molar refractivity (Wildman–Crippen MR) is 87.1 cm³/mol. The zero-order valence-corrected chi connectivity index (χ0v) is 13.1. The van der Waals surface area contributed by atoms with Gasteiger partial charge in [0, 0.05) is 13.5 Å². The van der Waals surface area contributed by atoms with Crippen LogP contribution in [0, 0.1) is 12.7 Å². The molecule has 0 aliphatic carbocycles. The molecule has 0 N–H and O–H groups in total. The minimum Gasteiger partial charge on any atom is -0.340 e. The Morgan fingerprint density at radius 3 is 2.58 bits per heavy atom. The lowest BCUT2D eigenvalue weighted by molar-refractivity contribution is 0.388. The van der Waals surface area contributed by atoms with Crippen LogP contribution in [0.1, 0.15) is 23.1 Å². The van der Waals surface area contributed by atoms with Crippen molar-refractivity contribution in [3.63, 3.8) is 0 Å². The molecule has 2 aromatic heterocycles. The van der Waals surface area contributed by atoms with Crippen molar-refractivity contribution >= 4 is 11.0 Å². The normalized spacial score (nSPS) is 11.2. The van der Waals surface area contributed by atoms with Crippen LogP contribution in [0.4, 0.5) is 4.39 Å². The molecule has 2 aromatic carbocycles. The maximum Gasteiger partial charge on any atom is 0.223 e. The van der Waals surface area contributed by atoms with E-state index in [1.165, 1.54) is 12.1 Å². The summed E-state index contributed by atoms with van der Waals surface area (Å²) in [7, 11) is 0. The van der Waals surface area contributed by atoms with Gasteiger partial charge in [-0.2, -0.15) is 4.98 Å². The fraction of sp³-hybridized carbons (Fsp3) is 0.167. The summed E-state index contributed by atoms with van der Waals surface area (Å²) in [5.41, 5.74) is 2.94. The van der Waals surface area contributed by atoms with Crippen LogP contribution in [-0.2, 0) is 13.0 Å². The number of aryl methyl sites for hydroxylation is 1. The maximum atomic E-state index is 13.1. The molecule has 0 bridgehead atoms. The van der Waals surface area contributed by atoms with E-state index in [1.807, 2.05) is 24.3 Å². The van der Waals surface area contributed by atoms with E-state index in [-0.39, 0.29) is 5.82 Å². The molecule has 0 spiro atoms. The predicted octanol–water partition coefficient (Wildman–Crippen LogP) is 3.51. The summed E-state index contributed by atoms with van der Waals surface area (Å²) < 4.78 is 20.3. The molecule has 0 radical (unpaired) electrons. The number of rotatable bonds is 4. The van der Waals surface area contributed by atoms with Crippen molar-refractivity contribution in [2.45, 2.75) is 19.9 Å². The van der Waals surface area contributed by atoms with Gasteiger partial charge in [0.1, 0.15) is 11.6 Å². The van der Waals surface area contributed by atoms with Gasteiger partial charge in [0.15, 0.2) is 5.82 Å². The van der Waals surface area contributed by atoms with Crippen molar-refractivity contribution in [1.82, 2.24) is 19.7 Å². The quantitative estimate of drug-likeness (QED) is 0.577. The first-order valence-corrected chi connectivity index (χ1v) is 7.67. The highest BCUT2D eigenvalue weighted by molar-refractivity contribution is 5.76. The fourth-order valence-electron chi connectivity index (χ4n) is 2.76. The summed E-state index contributed by atoms with van der Waals surface area (Å²) in [4.78, 5) is 8.95. The van der Waals surface area contributed by atoms with Gasteiger partial charge in [-0.15, -0.1) is 0 Å². The first-order chi connectivity index (χ1) is 11.7. The molecule has 5 nitrogen and oxygen atoms in total. The van der Waals surface area contributed by atoms with Crippen LogP contribution in [0.25, 0.3) is 11.0 Å². The first-order valence-electron chi connectivity index (χ1n) is 7.67. The van der Waals surface area contributed by atoms with Gasteiger partial charge in [-0.3, -0.25) is 0 Å². The van der Waals surface area contributed by atoms with E-state index in [1.54, 1.807) is 19.1 Å². The molecule has 6 heteroatoms. The molecular formula is C18H15FN4O. The number of halogens is 1. The third kappa shape index (κ3) is 2.78. The molecule has 24 heavy (non-hydrogen) atoms. The largest absolute Gasteiger partial charge is 0.340 e. The summed E-state index contributed by atoms with van der Waals surface area (Å²) in [5, 5.41) is 3.95. The molecule has 2 heterocycles. The summed E-state index contributed by atoms with van der Waals surface area (Å²) in [6, 6.07) is 14.4. The SMILES string of the molecule is Cc1nc(Cc2nc3ccccc3n2Cc2ccc(F)cc2)no1. The molecule has 4 aromatic rings. The Labute approximate surface area is 137 Å². The first kappa shape index (κ1) is 14.6. The molecule has 0 aliphatic rings. The van der Waals surface area contributed by atoms with Crippen molar-refractivity contribution in [2.24, 2.45) is 0 Å². The molecule has 0 fully saturated rings. The van der Waals surface area contributed by atoms with Crippen LogP contribution in [0.5, 0.6) is 0 Å². The summed E-state index contributed by atoms with van der Waals surface area (Å²) in [6.07, 6.45) is 0.479. The zero-order valence-electron chi connectivity index (χ0n) is 13.1. The van der Waals surface area contributed by atoms with Gasteiger partial charge in [-0.1, -0.05) is 29.4 Å². The van der Waals surface area contributed by atoms with Crippen LogP contribution in [0.3, 0.4) is 0 Å². The zero-order chi connectivity index (χ0) is 16.5. The Balaban J connectivity index is 1.76. The summed E-state index contributed by atoms with van der Waals surface area (Å²) in [6.45, 7) is 2.37. The molecule has 0 amide bonds. The lowest BCUT2D eigenvalue weighted by atomic mass is 10.2. The number of fused-ring (bicyclic) bond motifs is 1. The average molecular weight is 322 g/mol. The van der Waals surface area contributed by atoms with E-state index >= 15 is 0 Å². The van der Waals surface area contributed by atoms with Gasteiger partial charge in [-0.25, -0.2) is 9.37 Å². The number of aromatic nitrogens is 4. The Kier molecular flexibility index (Phi) is 3.57. The molecule has 0 aliphatic heterocycles. The van der Waals surface area contributed by atoms with E-state index in [2.05, 4.69) is 14.7 Å². The maximum absolute atomic E-state index is 13.1. The molecule has 0 atom stereocenters. The molecule has 4 rings (SSSR count). The van der Waals surface area contributed by atoms with Crippen LogP contribution in [0.2, 0.25) is 0 Å². The van der Waals surface area contributed by atoms with E-state index < -0.39 is 0 Å². The molecule has 0 saturated carbocycles. The van der Waals surface area contributed by atoms with Crippen molar-refractivity contribution in [2.75, 3.05) is 0 Å². The fourth-order valence-corrected chi connectivity index (χ4v) is 2.76. The summed E-state index contributed by atoms with van der Waals surface area (Å²) in [5.74, 6) is 1.74. The Morgan fingerprint density at radius 2 is 1.83 bits per heavy atom. The average Bonchev–Trinajstić information content (AvgIpc) is 3.14. The topological polar surface area (TPSA) is 56.7 Å². The van der Waals surface area contributed by atoms with Crippen molar-refractivity contribution < 1.29 is 8.91 Å². The Hall–Kier alpha value is -3.02. The van der Waals surface area contributed by atoms with Crippen molar-refractivity contribution in [3.8, 4) is 0 Å². The van der Waals surface area contributed by atoms with Gasteiger partial charge in [-0.05, 0) is 29.8 Å². The third-order valence-electron chi connectivity index (χ3n) is 3.87. The Bertz CT molecular complexity index is 988. The second-order valence-corrected chi connectivity index (χ2v) is 5.64. The lowest BCUT2D eigenvalue weighted by Gasteiger charge is -2.08. The minimum atomic E-state index is -0.239. The van der Waals surface area contributed by atoms with Gasteiger partial charge < -0.3 is 9.09 Å². The van der Waals surface area contributed by atoms with E-state index in [0.717, 1.165) is 22.4 Å². The highest BCUT2D eigenvalue weighted by atomic mass is 19.1. The van der Waals surface area contributed by atoms with E-state index in [0.29, 0.717) is 24.7 Å². The van der Waals surface area contributed by atoms with Gasteiger partial charge in [0.25, 0.3) is 0 Å². The third-order valence-corrected chi connectivity index (χ3v) is 3.87. The van der Waals surface area contributed by atoms with Crippen LogP contribution >= 0.6 is 0 Å². The molecule has 120 valence electrons. The van der Waals surface area contributed by atoms with Crippen LogP contribution < -0.4 is 0 Å². The lowest BCUT2D eigenvalue weighted by Crippen LogP contribution is -2.07. The van der Waals surface area contributed by atoms with Crippen LogP contribution in [0.15, 0.2) is 53.1 Å². The second kappa shape index (κ2) is 5.88. The van der Waals surface area contributed by atoms with Gasteiger partial charge in [0.2, 0.25) is 5.89 Å². The molecular weight excluding hydrogens is 307 g/mol. The smallest absolute Gasteiger partial charge is 0.223 e. The van der Waals surface area contributed by atoms with Crippen molar-refractivity contribution in [3.05, 3.63) is 77.5 Å². The standard InChI is InChI=1S/C18H15FN4O/c1-12-20-17(22-24-12)10-18-21-15-4-2-3-5-16(15)23(18)11-13-6-8-14(19)9-7-13/h2-9H,10-11H2,1H3. The highest BCUT2D eigenvalue weighted by Gasteiger charge is 2.14. The van der Waals surface area contributed by atoms with Crippen LogP contribution in [-0.4, -0.2) is 19.7 Å². The molecule has 0 unspecified atom stereocenters. The Morgan fingerprint density at radius 1 is 1.04 bits per heavy atom. The highest BCUT2D eigenvalue weighted by Crippen LogP contribution is 2.20. The summed E-state index contributed by atoms with van der Waals surface area (Å²) >= 11 is 0. The number of nitrogens with zero attached hydrogens (tertiary/aromatic N) is 4. The molecule has 0 saturated heterocycles. The monoisotopic (exact) mass is 322 g/mol. The minimum absolute atomic E-state index is 0.239. The number of para-hydroxylation sites is 2. The number of hydrogen-bond acceptors (Lipinski definition) is 4. The number of hydrogen-bond donors (Lipinski definition) is 0. The van der Waals surface area contributed by atoms with E-state index in [4.69, 9.17) is 9.51 Å². The number of benzene rings is 2.